The summed E-state index contributed by atoms with van der Waals surface area (Å²) in [7, 11) is 2.84. The van der Waals surface area contributed by atoms with E-state index >= 15 is 0 Å². The van der Waals surface area contributed by atoms with Gasteiger partial charge in [0.05, 0.1) is 43.9 Å². The van der Waals surface area contributed by atoms with E-state index in [1.807, 2.05) is 36.4 Å². The molecule has 10 heteroatoms. The van der Waals surface area contributed by atoms with Crippen LogP contribution in [0.3, 0.4) is 0 Å². The molecular weight excluding hydrogens is 668 g/mol. The second kappa shape index (κ2) is 17.5. The van der Waals surface area contributed by atoms with E-state index in [0.717, 1.165) is 51.9 Å². The molecule has 8 nitrogen and oxygen atoms in total. The average Bonchev–Trinajstić information content (AvgIpc) is 3.95. The first-order valence-electron chi connectivity index (χ1n) is 14.4. The van der Waals surface area contributed by atoms with Crippen molar-refractivity contribution in [3.8, 4) is 0 Å². The molecular formula is C32H44Br2N2O6. The number of hydrogen-bond donors (Lipinski definition) is 2. The monoisotopic (exact) mass is 710 g/mol. The van der Waals surface area contributed by atoms with Crippen molar-refractivity contribution in [2.24, 2.45) is 11.8 Å². The fourth-order valence-electron chi connectivity index (χ4n) is 4.56. The van der Waals surface area contributed by atoms with Crippen LogP contribution in [0, 0.1) is 11.8 Å². The molecule has 1 unspecified atom stereocenters. The number of benzene rings is 2. The molecule has 1 saturated heterocycles. The number of rotatable bonds is 10. The number of halogens is 2. The van der Waals surface area contributed by atoms with Crippen molar-refractivity contribution < 1.29 is 28.9 Å². The van der Waals surface area contributed by atoms with E-state index < -0.39 is 0 Å². The van der Waals surface area contributed by atoms with Crippen LogP contribution in [0.4, 0.5) is 0 Å². The van der Waals surface area contributed by atoms with Gasteiger partial charge in [-0.05, 0) is 36.8 Å². The molecule has 0 bridgehead atoms. The molecule has 1 spiro atoms. The number of carbonyl (C=O) groups is 2. The normalized spacial score (nSPS) is 19.8. The first-order valence-corrected chi connectivity index (χ1v) is 16.6. The fourth-order valence-corrected chi connectivity index (χ4v) is 6.16. The van der Waals surface area contributed by atoms with Gasteiger partial charge in [-0.1, -0.05) is 92.5 Å². The van der Waals surface area contributed by atoms with Gasteiger partial charge in [-0.15, -0.1) is 0 Å². The van der Waals surface area contributed by atoms with E-state index in [0.29, 0.717) is 23.8 Å². The summed E-state index contributed by atoms with van der Waals surface area (Å²) >= 11 is 6.37. The maximum Gasteiger partial charge on any atom is 0.312 e. The molecule has 1 aliphatic heterocycles. The molecule has 0 amide bonds. The number of esters is 2. The Kier molecular flexibility index (Phi) is 14.4. The molecule has 5 rings (SSSR count). The molecule has 0 aromatic heterocycles. The number of alkyl halides is 2. The highest BCUT2D eigenvalue weighted by Gasteiger charge is 2.48. The van der Waals surface area contributed by atoms with Gasteiger partial charge in [-0.3, -0.25) is 14.5 Å². The zero-order valence-electron chi connectivity index (χ0n) is 24.6. The van der Waals surface area contributed by atoms with Gasteiger partial charge in [0.25, 0.3) is 0 Å². The predicted molar refractivity (Wildman–Crippen MR) is 171 cm³/mol. The Morgan fingerprint density at radius 2 is 1.57 bits per heavy atom. The average molecular weight is 713 g/mol. The zero-order chi connectivity index (χ0) is 30.4. The van der Waals surface area contributed by atoms with Crippen LogP contribution < -0.4 is 5.32 Å². The van der Waals surface area contributed by atoms with E-state index in [1.165, 1.54) is 25.3 Å². The van der Waals surface area contributed by atoms with Gasteiger partial charge >= 0.3 is 11.9 Å². The van der Waals surface area contributed by atoms with Crippen LogP contribution in [-0.2, 0) is 36.9 Å². The summed E-state index contributed by atoms with van der Waals surface area (Å²) in [4.78, 5) is 24.8. The quantitative estimate of drug-likeness (QED) is 0.271. The Labute approximate surface area is 266 Å². The molecule has 2 saturated carbocycles. The van der Waals surface area contributed by atoms with E-state index in [9.17, 15) is 14.7 Å². The molecule has 1 atom stereocenters. The van der Waals surface area contributed by atoms with Crippen molar-refractivity contribution in [3.05, 3.63) is 71.8 Å². The molecule has 3 aliphatic rings. The lowest BCUT2D eigenvalue weighted by Crippen LogP contribution is -2.35. The minimum Gasteiger partial charge on any atom is -0.469 e. The summed E-state index contributed by atoms with van der Waals surface area (Å²) in [5.41, 5.74) is 2.16. The van der Waals surface area contributed by atoms with Crippen LogP contribution in [0.15, 0.2) is 60.7 Å². The van der Waals surface area contributed by atoms with Crippen molar-refractivity contribution in [2.45, 2.75) is 50.0 Å². The van der Waals surface area contributed by atoms with Gasteiger partial charge in [0.15, 0.2) is 0 Å². The van der Waals surface area contributed by atoms with Gasteiger partial charge < -0.3 is 24.6 Å². The third-order valence-electron chi connectivity index (χ3n) is 7.53. The number of ether oxygens (including phenoxy) is 3. The van der Waals surface area contributed by atoms with Crippen molar-refractivity contribution in [1.29, 1.82) is 0 Å². The number of hydrogen-bond acceptors (Lipinski definition) is 8. The molecule has 42 heavy (non-hydrogen) atoms. The van der Waals surface area contributed by atoms with Crippen LogP contribution in [0.25, 0.3) is 0 Å². The van der Waals surface area contributed by atoms with E-state index in [2.05, 4.69) is 71.1 Å². The van der Waals surface area contributed by atoms with Crippen LogP contribution in [0.2, 0.25) is 0 Å². The third kappa shape index (κ3) is 12.1. The lowest BCUT2D eigenvalue weighted by atomic mass is 10.1. The first kappa shape index (κ1) is 34.7. The predicted octanol–water partition coefficient (Wildman–Crippen LogP) is 4.71. The highest BCUT2D eigenvalue weighted by atomic mass is 79.9. The highest BCUT2D eigenvalue weighted by Crippen LogP contribution is 2.42. The Morgan fingerprint density at radius 3 is 2.05 bits per heavy atom. The lowest BCUT2D eigenvalue weighted by Gasteiger charge is -2.24. The second-order valence-electron chi connectivity index (χ2n) is 11.2. The van der Waals surface area contributed by atoms with Gasteiger partial charge in [0.2, 0.25) is 0 Å². The minimum absolute atomic E-state index is 0.00243. The van der Waals surface area contributed by atoms with Crippen molar-refractivity contribution >= 4 is 43.8 Å². The molecule has 1 heterocycles. The minimum atomic E-state index is -0.380. The van der Waals surface area contributed by atoms with Gasteiger partial charge in [-0.25, -0.2) is 0 Å². The molecule has 3 fully saturated rings. The fraction of sp³-hybridized carbons (Fsp3) is 0.562. The third-order valence-corrected chi connectivity index (χ3v) is 9.10. The zero-order valence-corrected chi connectivity index (χ0v) is 27.8. The van der Waals surface area contributed by atoms with Crippen LogP contribution in [0.5, 0.6) is 0 Å². The summed E-state index contributed by atoms with van der Waals surface area (Å²) in [5.74, 6) is -0.580. The number of nitrogens with one attached hydrogen (secondary N) is 1. The van der Waals surface area contributed by atoms with Crippen molar-refractivity contribution in [1.82, 2.24) is 10.2 Å². The van der Waals surface area contributed by atoms with Crippen LogP contribution in [0.1, 0.15) is 36.8 Å². The van der Waals surface area contributed by atoms with E-state index in [4.69, 9.17) is 9.47 Å². The smallest absolute Gasteiger partial charge is 0.312 e. The van der Waals surface area contributed by atoms with Gasteiger partial charge in [0.1, 0.15) is 0 Å². The Bertz CT molecular complexity index is 1080. The molecule has 2 aliphatic carbocycles. The molecule has 2 aromatic carbocycles. The van der Waals surface area contributed by atoms with Crippen molar-refractivity contribution in [3.63, 3.8) is 0 Å². The second-order valence-corrected chi connectivity index (χ2v) is 12.5. The first-order chi connectivity index (χ1) is 20.2. The Morgan fingerprint density at radius 1 is 0.976 bits per heavy atom. The summed E-state index contributed by atoms with van der Waals surface area (Å²) in [6, 6.07) is 20.6. The Hall–Kier alpha value is -1.82. The van der Waals surface area contributed by atoms with Crippen molar-refractivity contribution in [2.75, 3.05) is 51.1 Å². The lowest BCUT2D eigenvalue weighted by molar-refractivity contribution is -0.148. The summed E-state index contributed by atoms with van der Waals surface area (Å²) in [6.07, 6.45) is 4.11. The maximum absolute atomic E-state index is 11.8. The van der Waals surface area contributed by atoms with Gasteiger partial charge in [0, 0.05) is 43.4 Å². The van der Waals surface area contributed by atoms with Gasteiger partial charge in [-0.2, -0.15) is 0 Å². The SMILES string of the molecule is COC(=O)C(CBr)CBr.COC(=O)C1COC2(CC2)CN(Cc2ccccc2)C1.OC1(CNCc2ccccc2)CC1. The number of carbonyl (C=O) groups excluding carboxylic acids is 2. The molecule has 232 valence electrons. The van der Waals surface area contributed by atoms with E-state index in [1.54, 1.807) is 0 Å². The topological polar surface area (TPSA) is 97.3 Å². The number of methoxy groups -OCH3 is 2. The van der Waals surface area contributed by atoms with Crippen LogP contribution >= 0.6 is 31.9 Å². The maximum atomic E-state index is 11.8. The summed E-state index contributed by atoms with van der Waals surface area (Å²) < 4.78 is 15.3. The number of nitrogens with zero attached hydrogens (tertiary/aromatic N) is 1. The van der Waals surface area contributed by atoms with E-state index in [-0.39, 0.29) is 35.0 Å². The summed E-state index contributed by atoms with van der Waals surface area (Å²) in [5, 5.41) is 14.1. The Balaban J connectivity index is 0.000000190. The number of aliphatic hydroxyl groups is 1. The molecule has 0 radical (unpaired) electrons. The molecule has 2 N–H and O–H groups in total. The molecule has 2 aromatic rings. The van der Waals surface area contributed by atoms with Crippen LogP contribution in [-0.4, -0.2) is 84.3 Å². The highest BCUT2D eigenvalue weighted by molar-refractivity contribution is 9.09. The standard InChI is InChI=1S/C16H21NO3.C11H15NO.C5H8Br2O2/c1-19-15(18)14-10-17(9-13-5-3-2-4-6-13)12-16(7-8-16)20-11-14;13-11(6-7-11)9-12-8-10-4-2-1-3-5-10;1-9-5(8)4(2-6)3-7/h2-6,14H,7-12H2,1H3;1-5,12-13H,6-9H2;4H,2-3H2,1H3. The summed E-state index contributed by atoms with van der Waals surface area (Å²) in [6.45, 7) is 4.54. The largest absolute Gasteiger partial charge is 0.469 e.